The molecule has 0 spiro atoms. The molecule has 1 N–H and O–H groups in total. The average molecular weight is 222 g/mol. The zero-order valence-corrected chi connectivity index (χ0v) is 8.62. The number of carboxylic acid groups (broad SMARTS) is 1. The molecule has 0 aliphatic rings. The van der Waals surface area contributed by atoms with E-state index in [-0.39, 0.29) is 5.69 Å². The second-order valence-electron chi connectivity index (χ2n) is 3.13. The Bertz CT molecular complexity index is 522. The summed E-state index contributed by atoms with van der Waals surface area (Å²) in [6, 6.07) is 0. The zero-order chi connectivity index (χ0) is 11.5. The van der Waals surface area contributed by atoms with Gasteiger partial charge in [0.2, 0.25) is 0 Å². The van der Waals surface area contributed by atoms with Gasteiger partial charge in [0.1, 0.15) is 11.8 Å². The lowest BCUT2D eigenvalue weighted by atomic mass is 10.3. The summed E-state index contributed by atoms with van der Waals surface area (Å²) in [4.78, 5) is 22.6. The minimum Gasteiger partial charge on any atom is -0.476 e. The molecule has 2 aromatic rings. The molecule has 0 atom stereocenters. The van der Waals surface area contributed by atoms with Crippen LogP contribution in [0.4, 0.5) is 0 Å². The average Bonchev–Trinajstić information content (AvgIpc) is 2.69. The minimum absolute atomic E-state index is 0.0823. The van der Waals surface area contributed by atoms with Crippen LogP contribution >= 0.6 is 0 Å². The van der Waals surface area contributed by atoms with Crippen molar-refractivity contribution in [2.45, 2.75) is 6.54 Å². The highest BCUT2D eigenvalue weighted by atomic mass is 16.5. The predicted octanol–water partition coefficient (Wildman–Crippen LogP) is 0.171. The number of imidazole rings is 1. The fraction of sp³-hybridized carbons (Fsp3) is 0.333. The van der Waals surface area contributed by atoms with E-state index in [2.05, 4.69) is 15.0 Å². The number of fused-ring (bicyclic) bond motifs is 1. The number of rotatable bonds is 4. The van der Waals surface area contributed by atoms with Crippen molar-refractivity contribution < 1.29 is 14.6 Å². The topological polar surface area (TPSA) is 90.1 Å². The van der Waals surface area contributed by atoms with Crippen molar-refractivity contribution in [1.29, 1.82) is 0 Å². The van der Waals surface area contributed by atoms with Crippen LogP contribution in [0, 0.1) is 0 Å². The Kier molecular flexibility index (Phi) is 2.78. The molecule has 0 saturated heterocycles. The molecule has 2 heterocycles. The van der Waals surface area contributed by atoms with Crippen LogP contribution in [-0.4, -0.2) is 44.3 Å². The highest BCUT2D eigenvalue weighted by molar-refractivity contribution is 5.97. The van der Waals surface area contributed by atoms with Gasteiger partial charge in [-0.15, -0.1) is 0 Å². The monoisotopic (exact) mass is 222 g/mol. The van der Waals surface area contributed by atoms with Crippen LogP contribution in [0.5, 0.6) is 0 Å². The lowest BCUT2D eigenvalue weighted by molar-refractivity contribution is 0.0692. The normalized spacial score (nSPS) is 10.8. The molecule has 0 aliphatic heterocycles. The zero-order valence-electron chi connectivity index (χ0n) is 8.62. The van der Waals surface area contributed by atoms with Crippen LogP contribution in [0.1, 0.15) is 10.5 Å². The first kappa shape index (κ1) is 10.5. The van der Waals surface area contributed by atoms with E-state index in [1.54, 1.807) is 11.7 Å². The maximum Gasteiger partial charge on any atom is 0.356 e. The van der Waals surface area contributed by atoms with Gasteiger partial charge in [0.25, 0.3) is 0 Å². The summed E-state index contributed by atoms with van der Waals surface area (Å²) in [5.74, 6) is -1.11. The Balaban J connectivity index is 2.48. The van der Waals surface area contributed by atoms with Gasteiger partial charge in [-0.05, 0) is 0 Å². The van der Waals surface area contributed by atoms with Crippen LogP contribution in [0.2, 0.25) is 0 Å². The number of hydrogen-bond acceptors (Lipinski definition) is 5. The molecule has 0 saturated carbocycles. The molecule has 0 amide bonds. The maximum atomic E-state index is 10.9. The smallest absolute Gasteiger partial charge is 0.356 e. The Morgan fingerprint density at radius 1 is 1.50 bits per heavy atom. The Labute approximate surface area is 90.7 Å². The van der Waals surface area contributed by atoms with E-state index < -0.39 is 5.97 Å². The third-order valence-corrected chi connectivity index (χ3v) is 2.14. The van der Waals surface area contributed by atoms with E-state index in [4.69, 9.17) is 9.84 Å². The van der Waals surface area contributed by atoms with Crippen LogP contribution in [0.25, 0.3) is 11.2 Å². The van der Waals surface area contributed by atoms with Crippen molar-refractivity contribution in [3.05, 3.63) is 18.3 Å². The third-order valence-electron chi connectivity index (χ3n) is 2.14. The molecule has 0 unspecified atom stereocenters. The summed E-state index contributed by atoms with van der Waals surface area (Å²) in [5, 5.41) is 8.90. The summed E-state index contributed by atoms with van der Waals surface area (Å²) in [6.45, 7) is 1.08. The molecule has 16 heavy (non-hydrogen) atoms. The van der Waals surface area contributed by atoms with Crippen molar-refractivity contribution in [1.82, 2.24) is 19.5 Å². The van der Waals surface area contributed by atoms with Gasteiger partial charge in [-0.1, -0.05) is 0 Å². The van der Waals surface area contributed by atoms with Gasteiger partial charge in [0, 0.05) is 13.7 Å². The quantitative estimate of drug-likeness (QED) is 0.793. The summed E-state index contributed by atoms with van der Waals surface area (Å²) < 4.78 is 6.66. The van der Waals surface area contributed by atoms with Gasteiger partial charge in [-0.2, -0.15) is 0 Å². The van der Waals surface area contributed by atoms with Crippen molar-refractivity contribution >= 4 is 17.1 Å². The highest BCUT2D eigenvalue weighted by Gasteiger charge is 2.14. The summed E-state index contributed by atoms with van der Waals surface area (Å²) in [6.07, 6.45) is 2.75. The van der Waals surface area contributed by atoms with E-state index >= 15 is 0 Å². The molecule has 7 heteroatoms. The molecule has 84 valence electrons. The van der Waals surface area contributed by atoms with Gasteiger partial charge in [-0.25, -0.2) is 19.7 Å². The molecular weight excluding hydrogens is 212 g/mol. The minimum atomic E-state index is -1.11. The molecule has 2 rings (SSSR count). The summed E-state index contributed by atoms with van der Waals surface area (Å²) in [5.41, 5.74) is 0.719. The number of ether oxygens (including phenoxy) is 1. The molecule has 0 radical (unpaired) electrons. The Morgan fingerprint density at radius 3 is 3.00 bits per heavy atom. The predicted molar refractivity (Wildman–Crippen MR) is 54.2 cm³/mol. The van der Waals surface area contributed by atoms with Gasteiger partial charge in [0.15, 0.2) is 11.3 Å². The van der Waals surface area contributed by atoms with Gasteiger partial charge >= 0.3 is 5.97 Å². The van der Waals surface area contributed by atoms with Crippen LogP contribution in [0.15, 0.2) is 12.7 Å². The number of hydrogen-bond donors (Lipinski definition) is 1. The summed E-state index contributed by atoms with van der Waals surface area (Å²) >= 11 is 0. The van der Waals surface area contributed by atoms with Crippen molar-refractivity contribution in [3.63, 3.8) is 0 Å². The van der Waals surface area contributed by atoms with Gasteiger partial charge < -0.3 is 14.4 Å². The lowest BCUT2D eigenvalue weighted by Crippen LogP contribution is -2.06. The second kappa shape index (κ2) is 4.23. The van der Waals surface area contributed by atoms with Crippen LogP contribution in [0.3, 0.4) is 0 Å². The molecule has 2 aromatic heterocycles. The Hall–Kier alpha value is -2.02. The number of aromatic carboxylic acids is 1. The molecular formula is C9H10N4O3. The van der Waals surface area contributed by atoms with Crippen molar-refractivity contribution in [2.75, 3.05) is 13.7 Å². The lowest BCUT2D eigenvalue weighted by Gasteiger charge is -2.01. The highest BCUT2D eigenvalue weighted by Crippen LogP contribution is 2.12. The molecule has 0 aromatic carbocycles. The molecule has 0 fully saturated rings. The van der Waals surface area contributed by atoms with Crippen LogP contribution in [-0.2, 0) is 11.3 Å². The standard InChI is InChI=1S/C9H10N4O3/c1-16-3-2-13-5-12-6-7(9(14)15)10-4-11-8(6)13/h4-5H,2-3H2,1H3,(H,14,15). The number of carboxylic acids is 1. The van der Waals surface area contributed by atoms with Gasteiger partial charge in [0.05, 0.1) is 12.9 Å². The van der Waals surface area contributed by atoms with E-state index in [1.807, 2.05) is 0 Å². The van der Waals surface area contributed by atoms with E-state index in [1.165, 1.54) is 12.7 Å². The van der Waals surface area contributed by atoms with Crippen LogP contribution < -0.4 is 0 Å². The number of carbonyl (C=O) groups is 1. The fourth-order valence-corrected chi connectivity index (χ4v) is 1.39. The van der Waals surface area contributed by atoms with E-state index in [0.717, 1.165) is 0 Å². The number of methoxy groups -OCH3 is 1. The number of aromatic nitrogens is 4. The van der Waals surface area contributed by atoms with Crippen molar-refractivity contribution in [3.8, 4) is 0 Å². The summed E-state index contributed by atoms with van der Waals surface area (Å²) in [7, 11) is 1.59. The first-order valence-electron chi connectivity index (χ1n) is 4.62. The fourth-order valence-electron chi connectivity index (χ4n) is 1.39. The molecule has 0 aliphatic carbocycles. The van der Waals surface area contributed by atoms with Crippen molar-refractivity contribution in [2.24, 2.45) is 0 Å². The van der Waals surface area contributed by atoms with E-state index in [0.29, 0.717) is 24.3 Å². The molecule has 7 nitrogen and oxygen atoms in total. The first-order chi connectivity index (χ1) is 7.74. The second-order valence-corrected chi connectivity index (χ2v) is 3.13. The Morgan fingerprint density at radius 2 is 2.31 bits per heavy atom. The van der Waals surface area contributed by atoms with Gasteiger partial charge in [-0.3, -0.25) is 0 Å². The maximum absolute atomic E-state index is 10.9. The third kappa shape index (κ3) is 1.72. The molecule has 0 bridgehead atoms. The SMILES string of the molecule is COCCn1cnc2c(C(=O)O)ncnc21. The number of nitrogens with zero attached hydrogens (tertiary/aromatic N) is 4. The first-order valence-corrected chi connectivity index (χ1v) is 4.62. The van der Waals surface area contributed by atoms with E-state index in [9.17, 15) is 4.79 Å². The largest absolute Gasteiger partial charge is 0.476 e.